The first kappa shape index (κ1) is 17.9. The molecule has 0 radical (unpaired) electrons. The van der Waals surface area contributed by atoms with Crippen molar-refractivity contribution in [3.63, 3.8) is 0 Å². The molecule has 0 aliphatic rings. The van der Waals surface area contributed by atoms with Crippen LogP contribution in [0, 0.1) is 5.41 Å². The minimum atomic E-state index is -0.961. The van der Waals surface area contributed by atoms with Gasteiger partial charge in [-0.15, -0.1) is 0 Å². The second-order valence-electron chi connectivity index (χ2n) is 6.33. The van der Waals surface area contributed by atoms with Crippen molar-refractivity contribution in [1.82, 2.24) is 0 Å². The van der Waals surface area contributed by atoms with Gasteiger partial charge in [0, 0.05) is 13.3 Å². The molecule has 0 aliphatic carbocycles. The average molecular weight is 326 g/mol. The third-order valence-corrected chi connectivity index (χ3v) is 7.19. The summed E-state index contributed by atoms with van der Waals surface area (Å²) in [6, 6.07) is 20.6. The van der Waals surface area contributed by atoms with E-state index in [0.29, 0.717) is 5.52 Å². The fourth-order valence-corrected chi connectivity index (χ4v) is 5.33. The molecule has 0 spiro atoms. The monoisotopic (exact) mass is 326 g/mol. The standard InChI is InChI=1S/C21H27OP/c1-4-6-17-21(3,5-2)20(22)23(18-13-9-7-10-14-18)19-15-11-8-12-16-19/h7-16H,4-6,17H2,1-3H3. The van der Waals surface area contributed by atoms with Crippen LogP contribution in [0.1, 0.15) is 46.5 Å². The minimum Gasteiger partial charge on any atom is -0.293 e. The van der Waals surface area contributed by atoms with Crippen molar-refractivity contribution in [2.45, 2.75) is 46.5 Å². The van der Waals surface area contributed by atoms with Gasteiger partial charge in [0.15, 0.2) is 5.52 Å². The molecule has 1 atom stereocenters. The maximum Gasteiger partial charge on any atom is 0.169 e. The van der Waals surface area contributed by atoms with E-state index in [0.717, 1.165) is 36.3 Å². The number of benzene rings is 2. The molecule has 1 nitrogen and oxygen atoms in total. The van der Waals surface area contributed by atoms with Crippen LogP contribution in [0.5, 0.6) is 0 Å². The highest BCUT2D eigenvalue weighted by atomic mass is 31.1. The number of hydrogen-bond donors (Lipinski definition) is 0. The van der Waals surface area contributed by atoms with Gasteiger partial charge >= 0.3 is 0 Å². The lowest BCUT2D eigenvalue weighted by Crippen LogP contribution is -2.31. The highest BCUT2D eigenvalue weighted by Gasteiger charge is 2.37. The Morgan fingerprint density at radius 1 is 0.913 bits per heavy atom. The maximum atomic E-state index is 13.5. The summed E-state index contributed by atoms with van der Waals surface area (Å²) < 4.78 is 0. The SMILES string of the molecule is CCCCC(C)(CC)C(=O)P(c1ccccc1)c1ccccc1. The molecule has 0 saturated heterocycles. The smallest absolute Gasteiger partial charge is 0.169 e. The van der Waals surface area contributed by atoms with Crippen LogP contribution in [0.4, 0.5) is 0 Å². The largest absolute Gasteiger partial charge is 0.293 e. The van der Waals surface area contributed by atoms with E-state index in [9.17, 15) is 4.79 Å². The quantitative estimate of drug-likeness (QED) is 0.605. The first-order valence-corrected chi connectivity index (χ1v) is 9.91. The van der Waals surface area contributed by atoms with E-state index in [-0.39, 0.29) is 5.41 Å². The normalized spacial score (nSPS) is 13.7. The van der Waals surface area contributed by atoms with Crippen molar-refractivity contribution >= 4 is 24.1 Å². The van der Waals surface area contributed by atoms with Crippen molar-refractivity contribution < 1.29 is 4.79 Å². The van der Waals surface area contributed by atoms with E-state index in [2.05, 4.69) is 45.0 Å². The average Bonchev–Trinajstić information content (AvgIpc) is 2.61. The first-order valence-electron chi connectivity index (χ1n) is 8.57. The molecule has 0 bridgehead atoms. The third-order valence-electron chi connectivity index (χ3n) is 4.61. The predicted molar refractivity (Wildman–Crippen MR) is 102 cm³/mol. The van der Waals surface area contributed by atoms with E-state index in [4.69, 9.17) is 0 Å². The lowest BCUT2D eigenvalue weighted by Gasteiger charge is -2.31. The van der Waals surface area contributed by atoms with Crippen molar-refractivity contribution in [3.05, 3.63) is 60.7 Å². The van der Waals surface area contributed by atoms with E-state index in [1.807, 2.05) is 36.4 Å². The summed E-state index contributed by atoms with van der Waals surface area (Å²) in [5, 5.41) is 2.32. The lowest BCUT2D eigenvalue weighted by molar-refractivity contribution is -0.119. The van der Waals surface area contributed by atoms with Crippen LogP contribution >= 0.6 is 7.92 Å². The molecule has 0 aromatic heterocycles. The van der Waals surface area contributed by atoms with Crippen molar-refractivity contribution in [3.8, 4) is 0 Å². The zero-order chi connectivity index (χ0) is 16.7. The summed E-state index contributed by atoms with van der Waals surface area (Å²) in [7, 11) is -0.961. The molecule has 2 heteroatoms. The molecule has 0 aliphatic heterocycles. The number of unbranched alkanes of at least 4 members (excludes halogenated alkanes) is 1. The second kappa shape index (κ2) is 8.41. The second-order valence-corrected chi connectivity index (χ2v) is 8.44. The van der Waals surface area contributed by atoms with Crippen LogP contribution in [0.15, 0.2) is 60.7 Å². The van der Waals surface area contributed by atoms with Gasteiger partial charge < -0.3 is 0 Å². The topological polar surface area (TPSA) is 17.1 Å². The Kier molecular flexibility index (Phi) is 6.54. The summed E-state index contributed by atoms with van der Waals surface area (Å²) in [4.78, 5) is 13.5. The summed E-state index contributed by atoms with van der Waals surface area (Å²) >= 11 is 0. The summed E-state index contributed by atoms with van der Waals surface area (Å²) in [5.41, 5.74) is 0.189. The molecular weight excluding hydrogens is 299 g/mol. The number of carbonyl (C=O) groups excluding carboxylic acids is 1. The van der Waals surface area contributed by atoms with Crippen LogP contribution in [0.2, 0.25) is 0 Å². The molecule has 2 aromatic carbocycles. The van der Waals surface area contributed by atoms with Crippen LogP contribution in [-0.2, 0) is 4.79 Å². The Balaban J connectivity index is 2.43. The molecule has 0 heterocycles. The fraction of sp³-hybridized carbons (Fsp3) is 0.381. The zero-order valence-electron chi connectivity index (χ0n) is 14.5. The summed E-state index contributed by atoms with van der Waals surface area (Å²) in [6.45, 7) is 6.50. The van der Waals surface area contributed by atoms with E-state index in [1.54, 1.807) is 0 Å². The van der Waals surface area contributed by atoms with Gasteiger partial charge in [-0.2, -0.15) is 0 Å². The van der Waals surface area contributed by atoms with Crippen molar-refractivity contribution in [1.29, 1.82) is 0 Å². The van der Waals surface area contributed by atoms with Gasteiger partial charge in [0.05, 0.1) is 0 Å². The van der Waals surface area contributed by atoms with E-state index in [1.165, 1.54) is 0 Å². The van der Waals surface area contributed by atoms with E-state index < -0.39 is 7.92 Å². The fourth-order valence-electron chi connectivity index (χ4n) is 2.81. The number of hydrogen-bond acceptors (Lipinski definition) is 1. The van der Waals surface area contributed by atoms with Gasteiger partial charge in [-0.3, -0.25) is 4.79 Å². The third kappa shape index (κ3) is 4.30. The Bertz CT molecular complexity index is 569. The predicted octanol–water partition coefficient (Wildman–Crippen LogP) is 5.25. The maximum absolute atomic E-state index is 13.5. The van der Waals surface area contributed by atoms with Gasteiger partial charge in [-0.1, -0.05) is 94.3 Å². The summed E-state index contributed by atoms with van der Waals surface area (Å²) in [5.74, 6) is 0. The minimum absolute atomic E-state index is 0.229. The van der Waals surface area contributed by atoms with Gasteiger partial charge in [0.2, 0.25) is 0 Å². The molecule has 2 aromatic rings. The van der Waals surface area contributed by atoms with Gasteiger partial charge in [-0.25, -0.2) is 0 Å². The molecule has 0 saturated carbocycles. The van der Waals surface area contributed by atoms with Gasteiger partial charge in [0.1, 0.15) is 0 Å². The van der Waals surface area contributed by atoms with Gasteiger partial charge in [0.25, 0.3) is 0 Å². The van der Waals surface area contributed by atoms with Crippen molar-refractivity contribution in [2.75, 3.05) is 0 Å². The number of carbonyl (C=O) groups is 1. The molecule has 0 N–H and O–H groups in total. The molecule has 0 fully saturated rings. The lowest BCUT2D eigenvalue weighted by atomic mass is 9.84. The van der Waals surface area contributed by atoms with Gasteiger partial charge in [-0.05, 0) is 23.5 Å². The Labute approximate surface area is 141 Å². The van der Waals surface area contributed by atoms with Crippen LogP contribution < -0.4 is 10.6 Å². The van der Waals surface area contributed by atoms with E-state index >= 15 is 0 Å². The molecule has 23 heavy (non-hydrogen) atoms. The molecule has 2 rings (SSSR count). The zero-order valence-corrected chi connectivity index (χ0v) is 15.4. The molecular formula is C21H27OP. The van der Waals surface area contributed by atoms with Crippen molar-refractivity contribution in [2.24, 2.45) is 5.41 Å². The number of rotatable bonds is 8. The summed E-state index contributed by atoms with van der Waals surface area (Å²) in [6.07, 6.45) is 4.14. The highest BCUT2D eigenvalue weighted by molar-refractivity contribution is 7.87. The molecule has 1 unspecified atom stereocenters. The highest BCUT2D eigenvalue weighted by Crippen LogP contribution is 2.45. The molecule has 0 amide bonds. The van der Waals surface area contributed by atoms with Crippen LogP contribution in [0.3, 0.4) is 0 Å². The Hall–Kier alpha value is -1.46. The molecule has 122 valence electrons. The van der Waals surface area contributed by atoms with Crippen LogP contribution in [-0.4, -0.2) is 5.52 Å². The van der Waals surface area contributed by atoms with Crippen LogP contribution in [0.25, 0.3) is 0 Å². The first-order chi connectivity index (χ1) is 11.1. The Morgan fingerprint density at radius 2 is 1.39 bits per heavy atom. The Morgan fingerprint density at radius 3 is 1.78 bits per heavy atom.